The maximum atomic E-state index is 11.7. The Morgan fingerprint density at radius 2 is 2.21 bits per heavy atom. The highest BCUT2D eigenvalue weighted by Gasteiger charge is 2.15. The van der Waals surface area contributed by atoms with Gasteiger partial charge >= 0.3 is 0 Å². The van der Waals surface area contributed by atoms with E-state index in [0.29, 0.717) is 19.4 Å². The molecule has 0 aliphatic carbocycles. The van der Waals surface area contributed by atoms with Gasteiger partial charge in [0.15, 0.2) is 0 Å². The summed E-state index contributed by atoms with van der Waals surface area (Å²) in [4.78, 5) is 22.9. The number of hydrogen-bond acceptors (Lipinski definition) is 3. The summed E-state index contributed by atoms with van der Waals surface area (Å²) < 4.78 is 0. The van der Waals surface area contributed by atoms with Crippen molar-refractivity contribution in [1.82, 2.24) is 5.32 Å². The summed E-state index contributed by atoms with van der Waals surface area (Å²) in [6.45, 7) is 3.56. The number of aryl methyl sites for hydroxylation is 1. The lowest BCUT2D eigenvalue weighted by atomic mass is 10.0. The molecule has 0 aromatic heterocycles. The number of benzene rings is 1. The second-order valence-electron chi connectivity index (χ2n) is 4.57. The Hall–Kier alpha value is -1.88. The van der Waals surface area contributed by atoms with E-state index in [4.69, 9.17) is 0 Å². The highest BCUT2D eigenvalue weighted by Crippen LogP contribution is 2.25. The van der Waals surface area contributed by atoms with Crippen molar-refractivity contribution in [2.24, 2.45) is 0 Å². The van der Waals surface area contributed by atoms with Crippen LogP contribution >= 0.6 is 0 Å². The predicted octanol–water partition coefficient (Wildman–Crippen LogP) is 1.51. The summed E-state index contributed by atoms with van der Waals surface area (Å²) in [7, 11) is 0. The Labute approximate surface area is 112 Å². The molecule has 0 saturated heterocycles. The molecule has 0 fully saturated rings. The third kappa shape index (κ3) is 3.79. The number of fused-ring (bicyclic) bond motifs is 1. The molecular formula is C14H19N3O2. The number of rotatable bonds is 5. The molecule has 1 aromatic carbocycles. The van der Waals surface area contributed by atoms with Crippen molar-refractivity contribution in [1.29, 1.82) is 0 Å². The molecule has 3 N–H and O–H groups in total. The fourth-order valence-corrected chi connectivity index (χ4v) is 2.06. The number of nitrogens with one attached hydrogen (secondary N) is 3. The van der Waals surface area contributed by atoms with Gasteiger partial charge in [-0.25, -0.2) is 0 Å². The van der Waals surface area contributed by atoms with Crippen molar-refractivity contribution in [3.05, 3.63) is 23.8 Å². The first-order valence-electron chi connectivity index (χ1n) is 6.62. The van der Waals surface area contributed by atoms with Crippen molar-refractivity contribution >= 4 is 23.2 Å². The van der Waals surface area contributed by atoms with Crippen LogP contribution in [0.5, 0.6) is 0 Å². The maximum absolute atomic E-state index is 11.7. The van der Waals surface area contributed by atoms with Crippen LogP contribution in [-0.4, -0.2) is 24.9 Å². The standard InChI is InChI=1S/C14H19N3O2/c1-2-15-8-7-14(19)16-11-4-5-12-10(9-11)3-6-13(18)17-12/h4-5,9,15H,2-3,6-8H2,1H3,(H,16,19)(H,17,18). The van der Waals surface area contributed by atoms with Crippen molar-refractivity contribution in [2.45, 2.75) is 26.2 Å². The zero-order valence-corrected chi connectivity index (χ0v) is 11.1. The van der Waals surface area contributed by atoms with Crippen LogP contribution in [0.2, 0.25) is 0 Å². The van der Waals surface area contributed by atoms with Gasteiger partial charge in [-0.1, -0.05) is 6.92 Å². The van der Waals surface area contributed by atoms with Gasteiger partial charge in [-0.15, -0.1) is 0 Å². The van der Waals surface area contributed by atoms with Crippen molar-refractivity contribution in [3.63, 3.8) is 0 Å². The van der Waals surface area contributed by atoms with E-state index in [1.165, 1.54) is 0 Å². The van der Waals surface area contributed by atoms with Gasteiger partial charge in [0.2, 0.25) is 11.8 Å². The minimum Gasteiger partial charge on any atom is -0.326 e. The fourth-order valence-electron chi connectivity index (χ4n) is 2.06. The first-order valence-corrected chi connectivity index (χ1v) is 6.62. The average Bonchev–Trinajstić information content (AvgIpc) is 2.39. The molecule has 1 aliphatic heterocycles. The molecule has 1 aromatic rings. The minimum absolute atomic E-state index is 0.000690. The fraction of sp³-hybridized carbons (Fsp3) is 0.429. The van der Waals surface area contributed by atoms with Gasteiger partial charge in [-0.05, 0) is 36.7 Å². The Morgan fingerprint density at radius 1 is 1.37 bits per heavy atom. The summed E-state index contributed by atoms with van der Waals surface area (Å²) >= 11 is 0. The zero-order valence-electron chi connectivity index (χ0n) is 11.1. The molecule has 0 unspecified atom stereocenters. The molecule has 19 heavy (non-hydrogen) atoms. The summed E-state index contributed by atoms with van der Waals surface area (Å²) in [5, 5.41) is 8.80. The molecule has 1 aliphatic rings. The largest absolute Gasteiger partial charge is 0.326 e. The van der Waals surface area contributed by atoms with E-state index in [1.807, 2.05) is 25.1 Å². The van der Waals surface area contributed by atoms with E-state index in [2.05, 4.69) is 16.0 Å². The van der Waals surface area contributed by atoms with E-state index in [1.54, 1.807) is 0 Å². The molecule has 1 heterocycles. The van der Waals surface area contributed by atoms with Gasteiger partial charge in [-0.2, -0.15) is 0 Å². The van der Waals surface area contributed by atoms with Crippen LogP contribution in [0.15, 0.2) is 18.2 Å². The third-order valence-electron chi connectivity index (χ3n) is 3.06. The second kappa shape index (κ2) is 6.33. The van der Waals surface area contributed by atoms with Gasteiger partial charge in [0, 0.05) is 30.8 Å². The summed E-state index contributed by atoms with van der Waals surface area (Å²) in [6, 6.07) is 5.59. The van der Waals surface area contributed by atoms with Crippen molar-refractivity contribution in [2.75, 3.05) is 23.7 Å². The Kier molecular flexibility index (Phi) is 4.52. The van der Waals surface area contributed by atoms with Crippen LogP contribution in [0.4, 0.5) is 11.4 Å². The first-order chi connectivity index (χ1) is 9.19. The number of hydrogen-bond donors (Lipinski definition) is 3. The normalized spacial score (nSPS) is 13.6. The smallest absolute Gasteiger partial charge is 0.225 e. The Balaban J connectivity index is 1.95. The molecule has 2 amide bonds. The van der Waals surface area contributed by atoms with E-state index in [0.717, 1.165) is 29.9 Å². The van der Waals surface area contributed by atoms with Crippen LogP contribution in [0.3, 0.4) is 0 Å². The van der Waals surface area contributed by atoms with Gasteiger partial charge < -0.3 is 16.0 Å². The topological polar surface area (TPSA) is 70.2 Å². The van der Waals surface area contributed by atoms with E-state index in [-0.39, 0.29) is 11.8 Å². The molecule has 0 spiro atoms. The van der Waals surface area contributed by atoms with Crippen molar-refractivity contribution < 1.29 is 9.59 Å². The Morgan fingerprint density at radius 3 is 3.00 bits per heavy atom. The third-order valence-corrected chi connectivity index (χ3v) is 3.06. The van der Waals surface area contributed by atoms with E-state index >= 15 is 0 Å². The molecule has 0 bridgehead atoms. The zero-order chi connectivity index (χ0) is 13.7. The number of carbonyl (C=O) groups excluding carboxylic acids is 2. The van der Waals surface area contributed by atoms with Crippen LogP contribution in [0, 0.1) is 0 Å². The molecule has 0 atom stereocenters. The Bertz CT molecular complexity index is 486. The molecule has 2 rings (SSSR count). The van der Waals surface area contributed by atoms with Crippen LogP contribution < -0.4 is 16.0 Å². The van der Waals surface area contributed by atoms with Crippen LogP contribution in [-0.2, 0) is 16.0 Å². The summed E-state index contributed by atoms with van der Waals surface area (Å²) in [6.07, 6.45) is 1.69. The number of anilines is 2. The highest BCUT2D eigenvalue weighted by atomic mass is 16.2. The second-order valence-corrected chi connectivity index (χ2v) is 4.57. The van der Waals surface area contributed by atoms with Crippen LogP contribution in [0.1, 0.15) is 25.3 Å². The molecular weight excluding hydrogens is 242 g/mol. The lowest BCUT2D eigenvalue weighted by Crippen LogP contribution is -2.22. The quantitative estimate of drug-likeness (QED) is 0.704. The van der Waals surface area contributed by atoms with E-state index < -0.39 is 0 Å². The van der Waals surface area contributed by atoms with Gasteiger partial charge in [0.05, 0.1) is 0 Å². The number of amides is 2. The van der Waals surface area contributed by atoms with E-state index in [9.17, 15) is 9.59 Å². The first kappa shape index (κ1) is 13.5. The molecule has 0 saturated carbocycles. The molecule has 102 valence electrons. The van der Waals surface area contributed by atoms with Gasteiger partial charge in [-0.3, -0.25) is 9.59 Å². The molecule has 5 heteroatoms. The lowest BCUT2D eigenvalue weighted by Gasteiger charge is -2.17. The van der Waals surface area contributed by atoms with Gasteiger partial charge in [0.1, 0.15) is 0 Å². The summed E-state index contributed by atoms with van der Waals surface area (Å²) in [5.74, 6) is 0.0515. The minimum atomic E-state index is 0.000690. The molecule has 0 radical (unpaired) electrons. The van der Waals surface area contributed by atoms with Gasteiger partial charge in [0.25, 0.3) is 0 Å². The predicted molar refractivity (Wildman–Crippen MR) is 75.2 cm³/mol. The lowest BCUT2D eigenvalue weighted by molar-refractivity contribution is -0.117. The monoisotopic (exact) mass is 261 g/mol. The number of carbonyl (C=O) groups is 2. The SMILES string of the molecule is CCNCCC(=O)Nc1ccc2c(c1)CCC(=O)N2. The summed E-state index contributed by atoms with van der Waals surface area (Å²) in [5.41, 5.74) is 2.71. The van der Waals surface area contributed by atoms with Crippen LogP contribution in [0.25, 0.3) is 0 Å². The maximum Gasteiger partial charge on any atom is 0.225 e. The van der Waals surface area contributed by atoms with Crippen molar-refractivity contribution in [3.8, 4) is 0 Å². The average molecular weight is 261 g/mol. The highest BCUT2D eigenvalue weighted by molar-refractivity contribution is 5.95. The molecule has 5 nitrogen and oxygen atoms in total.